The molecule has 0 radical (unpaired) electrons. The second-order valence-electron chi connectivity index (χ2n) is 4.40. The predicted octanol–water partition coefficient (Wildman–Crippen LogP) is 4.43. The molecule has 1 unspecified atom stereocenters. The molecule has 0 aromatic heterocycles. The summed E-state index contributed by atoms with van der Waals surface area (Å²) in [6.07, 6.45) is -3.87. The Balaban J connectivity index is 3.13. The fraction of sp³-hybridized carbons (Fsp3) is 0.462. The summed E-state index contributed by atoms with van der Waals surface area (Å²) >= 11 is 6.01. The lowest BCUT2D eigenvalue weighted by atomic mass is 9.92. The largest absolute Gasteiger partial charge is 0.573 e. The van der Waals surface area contributed by atoms with Crippen LogP contribution in [0.4, 0.5) is 17.6 Å². The fourth-order valence-corrected chi connectivity index (χ4v) is 2.00. The molecule has 1 atom stereocenters. The number of unbranched alkanes of at least 4 members (excludes halogenated alkanes) is 1. The highest BCUT2D eigenvalue weighted by molar-refractivity contribution is 6.33. The van der Waals surface area contributed by atoms with E-state index in [0.29, 0.717) is 25.0 Å². The Labute approximate surface area is 123 Å². The number of alkyl halides is 4. The maximum atomic E-state index is 13.6. The highest BCUT2D eigenvalue weighted by atomic mass is 35.5. The van der Waals surface area contributed by atoms with Gasteiger partial charge in [-0.3, -0.25) is 0 Å². The van der Waals surface area contributed by atoms with Gasteiger partial charge in [-0.2, -0.15) is 0 Å². The molecule has 0 heterocycles. The molecule has 0 aliphatic carbocycles. The van der Waals surface area contributed by atoms with Gasteiger partial charge in [0.15, 0.2) is 16.4 Å². The first kappa shape index (κ1) is 17.6. The van der Waals surface area contributed by atoms with E-state index in [0.717, 1.165) is 6.07 Å². The van der Waals surface area contributed by atoms with Gasteiger partial charge in [-0.1, -0.05) is 25.8 Å². The summed E-state index contributed by atoms with van der Waals surface area (Å²) in [5.41, 5.74) is -0.128. The minimum atomic E-state index is -5.03. The molecule has 0 aliphatic rings. The summed E-state index contributed by atoms with van der Waals surface area (Å²) in [7, 11) is 0. The van der Waals surface area contributed by atoms with Crippen LogP contribution in [0.1, 0.15) is 31.7 Å². The number of carboxylic acid groups (broad SMARTS) is 1. The van der Waals surface area contributed by atoms with Crippen LogP contribution in [0.2, 0.25) is 0 Å². The Morgan fingerprint density at radius 2 is 2.00 bits per heavy atom. The zero-order valence-corrected chi connectivity index (χ0v) is 11.8. The molecule has 0 spiro atoms. The van der Waals surface area contributed by atoms with E-state index >= 15 is 0 Å². The average Bonchev–Trinajstić information content (AvgIpc) is 2.36. The number of hydrogen-bond donors (Lipinski definition) is 1. The van der Waals surface area contributed by atoms with Crippen LogP contribution in [0.5, 0.6) is 5.75 Å². The summed E-state index contributed by atoms with van der Waals surface area (Å²) in [6.45, 7) is 1.82. The van der Waals surface area contributed by atoms with Gasteiger partial charge < -0.3 is 9.84 Å². The lowest BCUT2D eigenvalue weighted by molar-refractivity contribution is -0.275. The van der Waals surface area contributed by atoms with Crippen LogP contribution in [0.25, 0.3) is 0 Å². The summed E-state index contributed by atoms with van der Waals surface area (Å²) in [4.78, 5) is 9.41. The van der Waals surface area contributed by atoms with Crippen molar-refractivity contribution < 1.29 is 32.2 Å². The van der Waals surface area contributed by atoms with E-state index in [4.69, 9.17) is 11.6 Å². The van der Waals surface area contributed by atoms with E-state index in [-0.39, 0.29) is 12.0 Å². The van der Waals surface area contributed by atoms with Crippen molar-refractivity contribution in [2.75, 3.05) is 0 Å². The predicted molar refractivity (Wildman–Crippen MR) is 67.8 cm³/mol. The number of rotatable bonds is 6. The molecule has 0 saturated carbocycles. The first-order valence-electron chi connectivity index (χ1n) is 6.08. The van der Waals surface area contributed by atoms with Gasteiger partial charge in [0.1, 0.15) is 0 Å². The maximum absolute atomic E-state index is 13.6. The van der Waals surface area contributed by atoms with E-state index in [9.17, 15) is 27.5 Å². The highest BCUT2D eigenvalue weighted by Crippen LogP contribution is 2.37. The molecule has 8 heteroatoms. The molecule has 1 rings (SSSR count). The summed E-state index contributed by atoms with van der Waals surface area (Å²) in [5.74, 6) is -3.75. The van der Waals surface area contributed by atoms with Gasteiger partial charge in [-0.25, -0.2) is 9.18 Å². The fourth-order valence-electron chi connectivity index (χ4n) is 1.75. The molecule has 0 amide bonds. The van der Waals surface area contributed by atoms with Gasteiger partial charge in [0.25, 0.3) is 0 Å². The first-order valence-corrected chi connectivity index (χ1v) is 6.46. The Morgan fingerprint density at radius 3 is 2.43 bits per heavy atom. The quantitative estimate of drug-likeness (QED) is 0.620. The molecule has 1 aromatic rings. The van der Waals surface area contributed by atoms with Crippen molar-refractivity contribution in [3.63, 3.8) is 0 Å². The van der Waals surface area contributed by atoms with E-state index in [2.05, 4.69) is 4.74 Å². The van der Waals surface area contributed by atoms with Gasteiger partial charge >= 0.3 is 12.3 Å². The van der Waals surface area contributed by atoms with Gasteiger partial charge in [0, 0.05) is 0 Å². The van der Waals surface area contributed by atoms with Crippen LogP contribution < -0.4 is 4.74 Å². The van der Waals surface area contributed by atoms with Crippen molar-refractivity contribution in [3.8, 4) is 5.75 Å². The number of ether oxygens (including phenoxy) is 1. The molecule has 118 valence electrons. The van der Waals surface area contributed by atoms with Crippen molar-refractivity contribution in [3.05, 3.63) is 29.6 Å². The monoisotopic (exact) mass is 328 g/mol. The van der Waals surface area contributed by atoms with Gasteiger partial charge in [-0.05, 0) is 24.1 Å². The van der Waals surface area contributed by atoms with Crippen molar-refractivity contribution in [1.82, 2.24) is 0 Å². The first-order chi connectivity index (χ1) is 9.60. The average molecular weight is 329 g/mol. The van der Waals surface area contributed by atoms with E-state index in [1.807, 2.05) is 6.92 Å². The van der Waals surface area contributed by atoms with Crippen LogP contribution in [-0.2, 0) is 9.67 Å². The minimum absolute atomic E-state index is 0.0271. The van der Waals surface area contributed by atoms with E-state index < -0.39 is 28.8 Å². The summed E-state index contributed by atoms with van der Waals surface area (Å²) in [6, 6.07) is 2.38. The number of aliphatic carboxylic acids is 1. The summed E-state index contributed by atoms with van der Waals surface area (Å²) in [5, 5.41) is 9.19. The molecule has 21 heavy (non-hydrogen) atoms. The van der Waals surface area contributed by atoms with E-state index in [1.165, 1.54) is 0 Å². The zero-order chi connectivity index (χ0) is 16.3. The third kappa shape index (κ3) is 4.49. The molecule has 0 fully saturated rings. The number of carbonyl (C=O) groups is 1. The molecular formula is C13H13ClF4O3. The van der Waals surface area contributed by atoms with Crippen LogP contribution in [-0.4, -0.2) is 17.4 Å². The van der Waals surface area contributed by atoms with Crippen LogP contribution in [0.15, 0.2) is 18.2 Å². The number of halogens is 5. The second-order valence-corrected chi connectivity index (χ2v) is 5.05. The van der Waals surface area contributed by atoms with Crippen molar-refractivity contribution in [2.45, 2.75) is 37.4 Å². The van der Waals surface area contributed by atoms with Crippen LogP contribution in [0.3, 0.4) is 0 Å². The van der Waals surface area contributed by atoms with Crippen LogP contribution in [0, 0.1) is 5.82 Å². The third-order valence-electron chi connectivity index (χ3n) is 2.83. The van der Waals surface area contributed by atoms with Gasteiger partial charge in [0.05, 0.1) is 0 Å². The summed E-state index contributed by atoms with van der Waals surface area (Å²) < 4.78 is 53.2. The second kappa shape index (κ2) is 6.51. The van der Waals surface area contributed by atoms with Gasteiger partial charge in [-0.15, -0.1) is 24.8 Å². The molecule has 1 aromatic carbocycles. The number of hydrogen-bond acceptors (Lipinski definition) is 2. The Hall–Kier alpha value is -1.50. The maximum Gasteiger partial charge on any atom is 0.573 e. The lowest BCUT2D eigenvalue weighted by Gasteiger charge is -2.23. The third-order valence-corrected chi connectivity index (χ3v) is 3.40. The standard InChI is InChI=1S/C13H13ClF4O3/c1-2-3-6-12(14,11(19)20)8-4-5-10(9(15)7-8)21-13(16,17)18/h4-5,7H,2-3,6H2,1H3,(H,19,20). The Morgan fingerprint density at radius 1 is 1.38 bits per heavy atom. The zero-order valence-electron chi connectivity index (χ0n) is 11.0. The van der Waals surface area contributed by atoms with Crippen molar-refractivity contribution >= 4 is 17.6 Å². The smallest absolute Gasteiger partial charge is 0.480 e. The molecule has 3 nitrogen and oxygen atoms in total. The molecule has 1 N–H and O–H groups in total. The molecule has 0 aliphatic heterocycles. The molecule has 0 saturated heterocycles. The van der Waals surface area contributed by atoms with Crippen molar-refractivity contribution in [2.24, 2.45) is 0 Å². The van der Waals surface area contributed by atoms with E-state index in [1.54, 1.807) is 0 Å². The molecule has 0 bridgehead atoms. The minimum Gasteiger partial charge on any atom is -0.480 e. The normalized spacial score (nSPS) is 14.6. The van der Waals surface area contributed by atoms with Crippen LogP contribution >= 0.6 is 11.6 Å². The number of benzene rings is 1. The SMILES string of the molecule is CCCCC(Cl)(C(=O)O)c1ccc(OC(F)(F)F)c(F)c1. The highest BCUT2D eigenvalue weighted by Gasteiger charge is 2.39. The Kier molecular flexibility index (Phi) is 5.44. The van der Waals surface area contributed by atoms with Crippen molar-refractivity contribution in [1.29, 1.82) is 0 Å². The topological polar surface area (TPSA) is 46.5 Å². The lowest BCUT2D eigenvalue weighted by Crippen LogP contribution is -2.30. The molecular weight excluding hydrogens is 316 g/mol. The Bertz CT molecular complexity index is 519. The van der Waals surface area contributed by atoms with Gasteiger partial charge in [0.2, 0.25) is 0 Å². The number of carboxylic acids is 1.